The summed E-state index contributed by atoms with van der Waals surface area (Å²) in [7, 11) is 0. The first-order valence-electron chi connectivity index (χ1n) is 6.81. The van der Waals surface area contributed by atoms with Gasteiger partial charge in [0.15, 0.2) is 0 Å². The Hall–Kier alpha value is -2.95. The van der Waals surface area contributed by atoms with E-state index in [4.69, 9.17) is 0 Å². The zero-order chi connectivity index (χ0) is 15.5. The normalized spacial score (nSPS) is 10.5. The number of halogens is 1. The number of H-pyrrole nitrogens is 1. The van der Waals surface area contributed by atoms with Crippen LogP contribution in [0.1, 0.15) is 16.1 Å². The molecule has 1 amide bonds. The Morgan fingerprint density at radius 2 is 1.95 bits per heavy atom. The molecular weight excluding hydrogens is 281 g/mol. The Morgan fingerprint density at radius 3 is 2.64 bits per heavy atom. The van der Waals surface area contributed by atoms with Gasteiger partial charge in [0, 0.05) is 22.5 Å². The quantitative estimate of drug-likeness (QED) is 0.772. The number of carbonyl (C=O) groups is 1. The number of aromatic amines is 1. The molecule has 1 aromatic heterocycles. The van der Waals surface area contributed by atoms with Crippen LogP contribution in [0.3, 0.4) is 0 Å². The maximum Gasteiger partial charge on any atom is 0.255 e. The molecule has 0 unspecified atom stereocenters. The molecule has 2 N–H and O–H groups in total. The minimum atomic E-state index is -0.368. The molecule has 0 aliphatic rings. The molecule has 0 atom stereocenters. The van der Waals surface area contributed by atoms with Crippen molar-refractivity contribution in [1.82, 2.24) is 9.97 Å². The van der Waals surface area contributed by atoms with Crippen LogP contribution in [-0.4, -0.2) is 15.9 Å². The number of hydrogen-bond donors (Lipinski definition) is 2. The third-order valence-corrected chi connectivity index (χ3v) is 3.33. The van der Waals surface area contributed by atoms with Gasteiger partial charge < -0.3 is 10.3 Å². The first kappa shape index (κ1) is 14.0. The van der Waals surface area contributed by atoms with Gasteiger partial charge in [-0.1, -0.05) is 12.1 Å². The summed E-state index contributed by atoms with van der Waals surface area (Å²) < 4.78 is 12.9. The summed E-state index contributed by atoms with van der Waals surface area (Å²) in [5.41, 5.74) is 3.78. The van der Waals surface area contributed by atoms with E-state index in [2.05, 4.69) is 15.3 Å². The second kappa shape index (κ2) is 5.81. The molecule has 0 saturated heterocycles. The number of hydrogen-bond acceptors (Lipinski definition) is 2. The van der Waals surface area contributed by atoms with Crippen LogP contribution in [0.15, 0.2) is 54.9 Å². The maximum absolute atomic E-state index is 12.9. The molecule has 0 spiro atoms. The van der Waals surface area contributed by atoms with Crippen LogP contribution in [0.5, 0.6) is 0 Å². The highest BCUT2D eigenvalue weighted by Gasteiger charge is 2.09. The molecule has 5 heteroatoms. The number of carbonyl (C=O) groups excluding carboxylic acids is 1. The van der Waals surface area contributed by atoms with Crippen molar-refractivity contribution >= 4 is 11.6 Å². The second-order valence-electron chi connectivity index (χ2n) is 4.92. The van der Waals surface area contributed by atoms with E-state index in [9.17, 15) is 9.18 Å². The lowest BCUT2D eigenvalue weighted by molar-refractivity contribution is 0.102. The van der Waals surface area contributed by atoms with Gasteiger partial charge in [0.1, 0.15) is 5.82 Å². The van der Waals surface area contributed by atoms with Crippen molar-refractivity contribution < 1.29 is 9.18 Å². The Morgan fingerprint density at radius 1 is 1.18 bits per heavy atom. The molecule has 1 heterocycles. The van der Waals surface area contributed by atoms with E-state index < -0.39 is 0 Å². The van der Waals surface area contributed by atoms with Gasteiger partial charge in [-0.3, -0.25) is 4.79 Å². The fourth-order valence-electron chi connectivity index (χ4n) is 2.20. The van der Waals surface area contributed by atoms with Crippen LogP contribution in [0, 0.1) is 12.7 Å². The summed E-state index contributed by atoms with van der Waals surface area (Å²) in [6, 6.07) is 12.9. The van der Waals surface area contributed by atoms with Gasteiger partial charge in [0.2, 0.25) is 0 Å². The molecule has 0 bridgehead atoms. The molecule has 110 valence electrons. The Kier molecular flexibility index (Phi) is 3.70. The summed E-state index contributed by atoms with van der Waals surface area (Å²) in [6.45, 7) is 1.94. The maximum atomic E-state index is 12.9. The molecule has 0 radical (unpaired) electrons. The third kappa shape index (κ3) is 2.88. The lowest BCUT2D eigenvalue weighted by atomic mass is 10.1. The van der Waals surface area contributed by atoms with Crippen molar-refractivity contribution in [3.8, 4) is 11.3 Å². The largest absolute Gasteiger partial charge is 0.348 e. The van der Waals surface area contributed by atoms with E-state index in [0.717, 1.165) is 17.0 Å². The fraction of sp³-hybridized carbons (Fsp3) is 0.0588. The number of amides is 1. The van der Waals surface area contributed by atoms with Gasteiger partial charge in [-0.15, -0.1) is 0 Å². The lowest BCUT2D eigenvalue weighted by Gasteiger charge is -2.07. The summed E-state index contributed by atoms with van der Waals surface area (Å²) >= 11 is 0. The zero-order valence-corrected chi connectivity index (χ0v) is 11.9. The molecule has 3 rings (SSSR count). The Labute approximate surface area is 127 Å². The van der Waals surface area contributed by atoms with E-state index >= 15 is 0 Å². The predicted octanol–water partition coefficient (Wildman–Crippen LogP) is 3.78. The fourth-order valence-corrected chi connectivity index (χ4v) is 2.20. The van der Waals surface area contributed by atoms with Gasteiger partial charge in [0.25, 0.3) is 5.91 Å². The van der Waals surface area contributed by atoms with Gasteiger partial charge in [-0.25, -0.2) is 9.37 Å². The van der Waals surface area contributed by atoms with Gasteiger partial charge >= 0.3 is 0 Å². The van der Waals surface area contributed by atoms with E-state index in [0.29, 0.717) is 11.3 Å². The smallest absolute Gasteiger partial charge is 0.255 e. The van der Waals surface area contributed by atoms with Crippen LogP contribution in [-0.2, 0) is 0 Å². The minimum absolute atomic E-state index is 0.282. The van der Waals surface area contributed by atoms with E-state index in [1.165, 1.54) is 24.3 Å². The van der Waals surface area contributed by atoms with E-state index in [1.54, 1.807) is 12.4 Å². The topological polar surface area (TPSA) is 57.8 Å². The molecule has 4 nitrogen and oxygen atoms in total. The molecule has 22 heavy (non-hydrogen) atoms. The monoisotopic (exact) mass is 295 g/mol. The summed E-state index contributed by atoms with van der Waals surface area (Å²) in [5.74, 6) is -0.650. The van der Waals surface area contributed by atoms with Crippen LogP contribution >= 0.6 is 0 Å². The molecule has 2 aromatic carbocycles. The van der Waals surface area contributed by atoms with Crippen molar-refractivity contribution in [2.75, 3.05) is 5.32 Å². The molecule has 0 aliphatic heterocycles. The molecule has 0 fully saturated rings. The molecule has 0 aliphatic carbocycles. The number of anilines is 1. The summed E-state index contributed by atoms with van der Waals surface area (Å²) in [4.78, 5) is 19.4. The van der Waals surface area contributed by atoms with Crippen molar-refractivity contribution in [3.63, 3.8) is 0 Å². The number of benzene rings is 2. The lowest BCUT2D eigenvalue weighted by Crippen LogP contribution is -2.11. The number of nitrogens with one attached hydrogen (secondary N) is 2. The average molecular weight is 295 g/mol. The van der Waals surface area contributed by atoms with Crippen LogP contribution in [0.25, 0.3) is 11.3 Å². The summed E-state index contributed by atoms with van der Waals surface area (Å²) in [6.07, 6.45) is 1.63. The number of aryl methyl sites for hydroxylation is 1. The Balaban J connectivity index is 1.82. The van der Waals surface area contributed by atoms with Crippen molar-refractivity contribution in [3.05, 3.63) is 71.9 Å². The average Bonchev–Trinajstić information content (AvgIpc) is 2.94. The number of nitrogens with zero attached hydrogens (tertiary/aromatic N) is 1. The highest BCUT2D eigenvalue weighted by atomic mass is 19.1. The zero-order valence-electron chi connectivity index (χ0n) is 11.9. The molecule has 3 aromatic rings. The van der Waals surface area contributed by atoms with Crippen molar-refractivity contribution in [2.24, 2.45) is 0 Å². The van der Waals surface area contributed by atoms with Crippen molar-refractivity contribution in [1.29, 1.82) is 0 Å². The highest BCUT2D eigenvalue weighted by Crippen LogP contribution is 2.23. The number of aromatic nitrogens is 2. The SMILES string of the molecule is Cc1[nH]cnc1-c1cccc(NC(=O)c2ccc(F)cc2)c1. The van der Waals surface area contributed by atoms with E-state index in [-0.39, 0.29) is 11.7 Å². The van der Waals surface area contributed by atoms with Crippen molar-refractivity contribution in [2.45, 2.75) is 6.92 Å². The van der Waals surface area contributed by atoms with E-state index in [1.807, 2.05) is 25.1 Å². The van der Waals surface area contributed by atoms with Gasteiger partial charge in [-0.2, -0.15) is 0 Å². The van der Waals surface area contributed by atoms with Crippen LogP contribution in [0.4, 0.5) is 10.1 Å². The molecular formula is C17H14FN3O. The van der Waals surface area contributed by atoms with Crippen LogP contribution < -0.4 is 5.32 Å². The first-order chi connectivity index (χ1) is 10.6. The second-order valence-corrected chi connectivity index (χ2v) is 4.92. The van der Waals surface area contributed by atoms with Crippen LogP contribution in [0.2, 0.25) is 0 Å². The molecule has 0 saturated carbocycles. The number of rotatable bonds is 3. The number of imidazole rings is 1. The highest BCUT2D eigenvalue weighted by molar-refractivity contribution is 6.04. The summed E-state index contributed by atoms with van der Waals surface area (Å²) in [5, 5.41) is 2.80. The minimum Gasteiger partial charge on any atom is -0.348 e. The predicted molar refractivity (Wildman–Crippen MR) is 83.1 cm³/mol. The third-order valence-electron chi connectivity index (χ3n) is 3.33. The van der Waals surface area contributed by atoms with Gasteiger partial charge in [-0.05, 0) is 43.3 Å². The standard InChI is InChI=1S/C17H14FN3O/c1-11-16(20-10-19-11)13-3-2-4-15(9-13)21-17(22)12-5-7-14(18)8-6-12/h2-10H,1H3,(H,19,20)(H,21,22). The first-order valence-corrected chi connectivity index (χ1v) is 6.81. The Bertz CT molecular complexity index is 809. The van der Waals surface area contributed by atoms with Gasteiger partial charge in [0.05, 0.1) is 12.0 Å².